The van der Waals surface area contributed by atoms with Crippen molar-refractivity contribution in [3.05, 3.63) is 65.7 Å². The molecule has 0 bridgehead atoms. The van der Waals surface area contributed by atoms with Crippen molar-refractivity contribution >= 4 is 6.09 Å². The molecular weight excluding hydrogens is 342 g/mol. The molecule has 0 aliphatic carbocycles. The summed E-state index contributed by atoms with van der Waals surface area (Å²) < 4.78 is 11.0. The summed E-state index contributed by atoms with van der Waals surface area (Å²) in [5, 5.41) is 11.0. The van der Waals surface area contributed by atoms with Crippen LogP contribution >= 0.6 is 0 Å². The van der Waals surface area contributed by atoms with E-state index in [-0.39, 0.29) is 12.7 Å². The molecule has 1 aliphatic rings. The fourth-order valence-electron chi connectivity index (χ4n) is 3.24. The van der Waals surface area contributed by atoms with Gasteiger partial charge in [-0.05, 0) is 42.5 Å². The van der Waals surface area contributed by atoms with E-state index >= 15 is 0 Å². The van der Waals surface area contributed by atoms with Crippen LogP contribution < -0.4 is 4.74 Å². The van der Waals surface area contributed by atoms with E-state index < -0.39 is 5.60 Å². The lowest BCUT2D eigenvalue weighted by Crippen LogP contribution is -2.45. The van der Waals surface area contributed by atoms with Crippen molar-refractivity contribution in [3.63, 3.8) is 0 Å². The predicted octanol–water partition coefficient (Wildman–Crippen LogP) is 4.10. The number of ether oxygens (including phenoxy) is 2. The van der Waals surface area contributed by atoms with E-state index in [0.717, 1.165) is 23.3 Å². The minimum atomic E-state index is -0.917. The first-order chi connectivity index (χ1) is 13.1. The highest BCUT2D eigenvalue weighted by molar-refractivity contribution is 5.67. The standard InChI is InChI=1S/C22H27NO4/c1-2-16-26-20-10-8-19(9-11-20)22(25)12-14-23(15-13-22)21(24)27-17-18-6-4-3-5-7-18/h3-11,25H,2,12-17H2,1H3. The summed E-state index contributed by atoms with van der Waals surface area (Å²) >= 11 is 0. The van der Waals surface area contributed by atoms with Crippen LogP contribution in [0.5, 0.6) is 5.75 Å². The average molecular weight is 369 g/mol. The third-order valence-corrected chi connectivity index (χ3v) is 4.92. The van der Waals surface area contributed by atoms with Gasteiger partial charge in [0.05, 0.1) is 12.2 Å². The summed E-state index contributed by atoms with van der Waals surface area (Å²) in [6.07, 6.45) is 1.61. The van der Waals surface area contributed by atoms with Gasteiger partial charge in [0.1, 0.15) is 12.4 Å². The molecule has 0 unspecified atom stereocenters. The minimum absolute atomic E-state index is 0.264. The van der Waals surface area contributed by atoms with Crippen molar-refractivity contribution in [2.45, 2.75) is 38.4 Å². The number of hydrogen-bond acceptors (Lipinski definition) is 4. The van der Waals surface area contributed by atoms with Crippen LogP contribution in [-0.2, 0) is 16.9 Å². The zero-order valence-corrected chi connectivity index (χ0v) is 15.8. The van der Waals surface area contributed by atoms with Crippen LogP contribution in [0.25, 0.3) is 0 Å². The van der Waals surface area contributed by atoms with Gasteiger partial charge in [-0.1, -0.05) is 49.4 Å². The SMILES string of the molecule is CCCOc1ccc(C2(O)CCN(C(=O)OCc3ccccc3)CC2)cc1. The molecule has 0 spiro atoms. The molecule has 3 rings (SSSR count). The molecular formula is C22H27NO4. The lowest BCUT2D eigenvalue weighted by atomic mass is 9.84. The number of carbonyl (C=O) groups is 1. The first-order valence-electron chi connectivity index (χ1n) is 9.52. The monoisotopic (exact) mass is 369 g/mol. The van der Waals surface area contributed by atoms with Crippen molar-refractivity contribution in [3.8, 4) is 5.75 Å². The number of carbonyl (C=O) groups excluding carboxylic acids is 1. The van der Waals surface area contributed by atoms with Gasteiger partial charge in [-0.25, -0.2) is 4.79 Å². The van der Waals surface area contributed by atoms with Crippen LogP contribution in [0.4, 0.5) is 4.79 Å². The Balaban J connectivity index is 1.51. The van der Waals surface area contributed by atoms with Gasteiger partial charge in [0.2, 0.25) is 0 Å². The number of aliphatic hydroxyl groups is 1. The molecule has 27 heavy (non-hydrogen) atoms. The van der Waals surface area contributed by atoms with Crippen LogP contribution in [0.3, 0.4) is 0 Å². The molecule has 5 heteroatoms. The molecule has 2 aromatic rings. The fraction of sp³-hybridized carbons (Fsp3) is 0.409. The summed E-state index contributed by atoms with van der Waals surface area (Å²) in [4.78, 5) is 13.9. The van der Waals surface area contributed by atoms with Gasteiger partial charge in [0.25, 0.3) is 0 Å². The molecule has 144 valence electrons. The fourth-order valence-corrected chi connectivity index (χ4v) is 3.24. The average Bonchev–Trinajstić information content (AvgIpc) is 2.72. The Morgan fingerprint density at radius 3 is 2.37 bits per heavy atom. The van der Waals surface area contributed by atoms with Crippen LogP contribution in [0.1, 0.15) is 37.3 Å². The number of piperidine rings is 1. The van der Waals surface area contributed by atoms with Gasteiger partial charge < -0.3 is 19.5 Å². The summed E-state index contributed by atoms with van der Waals surface area (Å²) in [6, 6.07) is 17.2. The third-order valence-electron chi connectivity index (χ3n) is 4.92. The van der Waals surface area contributed by atoms with Gasteiger partial charge in [0.15, 0.2) is 0 Å². The predicted molar refractivity (Wildman–Crippen MR) is 104 cm³/mol. The zero-order valence-electron chi connectivity index (χ0n) is 15.8. The molecule has 1 fully saturated rings. The lowest BCUT2D eigenvalue weighted by molar-refractivity contribution is -0.0255. The maximum atomic E-state index is 12.3. The summed E-state index contributed by atoms with van der Waals surface area (Å²) in [6.45, 7) is 3.95. The third kappa shape index (κ3) is 5.01. The van der Waals surface area contributed by atoms with Crippen LogP contribution in [0, 0.1) is 0 Å². The highest BCUT2D eigenvalue weighted by Crippen LogP contribution is 2.34. The molecule has 0 aromatic heterocycles. The van der Waals surface area contributed by atoms with Gasteiger partial charge in [-0.3, -0.25) is 0 Å². The number of amides is 1. The van der Waals surface area contributed by atoms with E-state index in [4.69, 9.17) is 9.47 Å². The number of benzene rings is 2. The van der Waals surface area contributed by atoms with Gasteiger partial charge in [0, 0.05) is 13.1 Å². The van der Waals surface area contributed by atoms with E-state index in [0.29, 0.717) is 32.5 Å². The lowest BCUT2D eigenvalue weighted by Gasteiger charge is -2.38. The molecule has 1 aliphatic heterocycles. The summed E-state index contributed by atoms with van der Waals surface area (Å²) in [5.41, 5.74) is 0.910. The van der Waals surface area contributed by atoms with E-state index in [1.54, 1.807) is 4.90 Å². The largest absolute Gasteiger partial charge is 0.494 e. The maximum absolute atomic E-state index is 12.3. The van der Waals surface area contributed by atoms with Crippen molar-refractivity contribution in [2.24, 2.45) is 0 Å². The number of likely N-dealkylation sites (tertiary alicyclic amines) is 1. The Kier molecular flexibility index (Phi) is 6.35. The second-order valence-electron chi connectivity index (χ2n) is 6.93. The van der Waals surface area contributed by atoms with Crippen LogP contribution in [0.2, 0.25) is 0 Å². The first kappa shape index (κ1) is 19.2. The second-order valence-corrected chi connectivity index (χ2v) is 6.93. The van der Waals surface area contributed by atoms with Crippen LogP contribution in [0.15, 0.2) is 54.6 Å². The first-order valence-corrected chi connectivity index (χ1v) is 9.52. The normalized spacial score (nSPS) is 16.0. The smallest absolute Gasteiger partial charge is 0.410 e. The van der Waals surface area contributed by atoms with Crippen LogP contribution in [-0.4, -0.2) is 35.8 Å². The van der Waals surface area contributed by atoms with Crippen molar-refractivity contribution in [1.29, 1.82) is 0 Å². The quantitative estimate of drug-likeness (QED) is 0.833. The second kappa shape index (κ2) is 8.91. The molecule has 1 saturated heterocycles. The Morgan fingerprint density at radius 2 is 1.74 bits per heavy atom. The molecule has 1 heterocycles. The van der Waals surface area contributed by atoms with E-state index in [1.807, 2.05) is 54.6 Å². The topological polar surface area (TPSA) is 59.0 Å². The highest BCUT2D eigenvalue weighted by atomic mass is 16.6. The Morgan fingerprint density at radius 1 is 1.07 bits per heavy atom. The minimum Gasteiger partial charge on any atom is -0.494 e. The van der Waals surface area contributed by atoms with E-state index in [9.17, 15) is 9.90 Å². The van der Waals surface area contributed by atoms with Crippen molar-refractivity contribution in [2.75, 3.05) is 19.7 Å². The molecule has 1 N–H and O–H groups in total. The molecule has 2 aromatic carbocycles. The molecule has 0 radical (unpaired) electrons. The Labute approximate surface area is 160 Å². The Bertz CT molecular complexity index is 722. The maximum Gasteiger partial charge on any atom is 0.410 e. The number of rotatable bonds is 6. The molecule has 5 nitrogen and oxygen atoms in total. The van der Waals surface area contributed by atoms with Gasteiger partial charge in [-0.2, -0.15) is 0 Å². The Hall–Kier alpha value is -2.53. The van der Waals surface area contributed by atoms with Gasteiger partial charge in [-0.15, -0.1) is 0 Å². The van der Waals surface area contributed by atoms with Crippen molar-refractivity contribution in [1.82, 2.24) is 4.90 Å². The summed E-state index contributed by atoms with van der Waals surface area (Å²) in [5.74, 6) is 0.811. The summed E-state index contributed by atoms with van der Waals surface area (Å²) in [7, 11) is 0. The molecule has 0 atom stereocenters. The van der Waals surface area contributed by atoms with Crippen molar-refractivity contribution < 1.29 is 19.4 Å². The number of hydrogen-bond donors (Lipinski definition) is 1. The number of nitrogens with zero attached hydrogens (tertiary/aromatic N) is 1. The zero-order chi connectivity index (χ0) is 19.1. The van der Waals surface area contributed by atoms with E-state index in [1.165, 1.54) is 0 Å². The van der Waals surface area contributed by atoms with Gasteiger partial charge >= 0.3 is 6.09 Å². The molecule has 0 saturated carbocycles. The van der Waals surface area contributed by atoms with E-state index in [2.05, 4.69) is 6.92 Å². The molecule has 1 amide bonds. The highest BCUT2D eigenvalue weighted by Gasteiger charge is 2.35.